The van der Waals surface area contributed by atoms with Gasteiger partial charge in [0.2, 0.25) is 0 Å². The van der Waals surface area contributed by atoms with Crippen molar-refractivity contribution in [3.63, 3.8) is 0 Å². The SMILES string of the molecule is CCC(=O)CCC(NC(=O)NC(CCC(=O)O)C(=O)O)C(=O)O. The summed E-state index contributed by atoms with van der Waals surface area (Å²) < 4.78 is 0. The fraction of sp³-hybridized carbons (Fsp3) is 0.615. The van der Waals surface area contributed by atoms with E-state index in [2.05, 4.69) is 5.32 Å². The maximum absolute atomic E-state index is 11.7. The van der Waals surface area contributed by atoms with Crippen molar-refractivity contribution >= 4 is 29.7 Å². The van der Waals surface area contributed by atoms with Crippen LogP contribution < -0.4 is 10.6 Å². The summed E-state index contributed by atoms with van der Waals surface area (Å²) in [6.45, 7) is 1.62. The minimum Gasteiger partial charge on any atom is -0.481 e. The largest absolute Gasteiger partial charge is 0.481 e. The van der Waals surface area contributed by atoms with Crippen molar-refractivity contribution in [2.24, 2.45) is 0 Å². The van der Waals surface area contributed by atoms with Gasteiger partial charge >= 0.3 is 23.9 Å². The van der Waals surface area contributed by atoms with Crippen molar-refractivity contribution in [1.82, 2.24) is 10.6 Å². The highest BCUT2D eigenvalue weighted by Crippen LogP contribution is 2.02. The molecule has 2 amide bonds. The van der Waals surface area contributed by atoms with E-state index in [-0.39, 0.29) is 31.5 Å². The van der Waals surface area contributed by atoms with Crippen molar-refractivity contribution < 1.29 is 39.3 Å². The van der Waals surface area contributed by atoms with E-state index in [1.165, 1.54) is 0 Å². The zero-order valence-electron chi connectivity index (χ0n) is 12.6. The summed E-state index contributed by atoms with van der Waals surface area (Å²) in [5, 5.41) is 30.4. The Morgan fingerprint density at radius 2 is 1.26 bits per heavy atom. The van der Waals surface area contributed by atoms with E-state index in [1.54, 1.807) is 6.92 Å². The van der Waals surface area contributed by atoms with Crippen LogP contribution in [0.5, 0.6) is 0 Å². The van der Waals surface area contributed by atoms with Gasteiger partial charge in [0, 0.05) is 19.3 Å². The highest BCUT2D eigenvalue weighted by Gasteiger charge is 2.25. The van der Waals surface area contributed by atoms with Gasteiger partial charge in [-0.05, 0) is 12.8 Å². The lowest BCUT2D eigenvalue weighted by atomic mass is 10.1. The van der Waals surface area contributed by atoms with Gasteiger partial charge in [0.05, 0.1) is 0 Å². The first-order valence-corrected chi connectivity index (χ1v) is 6.93. The van der Waals surface area contributed by atoms with Gasteiger partial charge in [0.25, 0.3) is 0 Å². The molecule has 0 heterocycles. The number of carbonyl (C=O) groups is 5. The molecule has 0 radical (unpaired) electrons. The van der Waals surface area contributed by atoms with E-state index in [0.29, 0.717) is 0 Å². The number of nitrogens with one attached hydrogen (secondary N) is 2. The average Bonchev–Trinajstić information content (AvgIpc) is 2.46. The van der Waals surface area contributed by atoms with Gasteiger partial charge in [-0.15, -0.1) is 0 Å². The number of rotatable bonds is 11. The quantitative estimate of drug-likeness (QED) is 0.346. The van der Waals surface area contributed by atoms with E-state index in [9.17, 15) is 24.0 Å². The molecule has 0 aromatic heterocycles. The molecule has 2 unspecified atom stereocenters. The molecule has 130 valence electrons. The van der Waals surface area contributed by atoms with Crippen molar-refractivity contribution in [1.29, 1.82) is 0 Å². The maximum Gasteiger partial charge on any atom is 0.326 e. The van der Waals surface area contributed by atoms with Crippen LogP contribution in [0, 0.1) is 0 Å². The molecule has 0 saturated carbocycles. The fourth-order valence-corrected chi connectivity index (χ4v) is 1.62. The van der Waals surface area contributed by atoms with Gasteiger partial charge < -0.3 is 26.0 Å². The highest BCUT2D eigenvalue weighted by atomic mass is 16.4. The first-order valence-electron chi connectivity index (χ1n) is 6.93. The number of carboxylic acids is 3. The van der Waals surface area contributed by atoms with Gasteiger partial charge in [-0.1, -0.05) is 6.92 Å². The third-order valence-corrected chi connectivity index (χ3v) is 2.96. The number of amides is 2. The number of Topliss-reactive ketones (excluding diaryl/α,β-unsaturated/α-hetero) is 1. The van der Waals surface area contributed by atoms with Crippen LogP contribution in [0.2, 0.25) is 0 Å². The summed E-state index contributed by atoms with van der Waals surface area (Å²) in [6.07, 6.45) is -0.721. The Labute approximate surface area is 131 Å². The smallest absolute Gasteiger partial charge is 0.326 e. The molecule has 0 aliphatic heterocycles. The Hall–Kier alpha value is -2.65. The van der Waals surface area contributed by atoms with Crippen LogP contribution in [-0.4, -0.2) is 57.1 Å². The molecule has 0 fully saturated rings. The molecule has 0 aliphatic carbocycles. The monoisotopic (exact) mass is 332 g/mol. The van der Waals surface area contributed by atoms with Gasteiger partial charge in [0.1, 0.15) is 17.9 Å². The molecule has 10 nitrogen and oxygen atoms in total. The second-order valence-electron chi connectivity index (χ2n) is 4.76. The number of ketones is 1. The highest BCUT2D eigenvalue weighted by molar-refractivity contribution is 5.86. The van der Waals surface area contributed by atoms with E-state index in [4.69, 9.17) is 15.3 Å². The Balaban J connectivity index is 4.59. The first-order chi connectivity index (χ1) is 10.7. The fourth-order valence-electron chi connectivity index (χ4n) is 1.62. The Kier molecular flexibility index (Phi) is 8.97. The molecule has 5 N–H and O–H groups in total. The molecule has 0 aromatic carbocycles. The molecule has 0 saturated heterocycles. The molecule has 0 bridgehead atoms. The third kappa shape index (κ3) is 9.06. The lowest BCUT2D eigenvalue weighted by molar-refractivity contribution is -0.141. The van der Waals surface area contributed by atoms with Crippen LogP contribution in [0.1, 0.15) is 39.0 Å². The van der Waals surface area contributed by atoms with Gasteiger partial charge in [-0.3, -0.25) is 9.59 Å². The number of carbonyl (C=O) groups excluding carboxylic acids is 2. The van der Waals surface area contributed by atoms with Crippen LogP contribution in [0.3, 0.4) is 0 Å². The number of aliphatic carboxylic acids is 3. The summed E-state index contributed by atoms with van der Waals surface area (Å²) >= 11 is 0. The molecule has 2 atom stereocenters. The van der Waals surface area contributed by atoms with Crippen LogP contribution in [0.15, 0.2) is 0 Å². The van der Waals surface area contributed by atoms with Crippen molar-refractivity contribution in [3.8, 4) is 0 Å². The molecule has 10 heteroatoms. The van der Waals surface area contributed by atoms with E-state index in [1.807, 2.05) is 5.32 Å². The van der Waals surface area contributed by atoms with Gasteiger partial charge in [-0.2, -0.15) is 0 Å². The van der Waals surface area contributed by atoms with Gasteiger partial charge in [-0.25, -0.2) is 14.4 Å². The van der Waals surface area contributed by atoms with Crippen molar-refractivity contribution in [2.75, 3.05) is 0 Å². The molecule has 23 heavy (non-hydrogen) atoms. The minimum atomic E-state index is -1.46. The van der Waals surface area contributed by atoms with E-state index in [0.717, 1.165) is 0 Å². The van der Waals surface area contributed by atoms with E-state index >= 15 is 0 Å². The molecular weight excluding hydrogens is 312 g/mol. The maximum atomic E-state index is 11.7. The van der Waals surface area contributed by atoms with Crippen LogP contribution in [0.25, 0.3) is 0 Å². The summed E-state index contributed by atoms with van der Waals surface area (Å²) in [6, 6.07) is -3.86. The predicted octanol–water partition coefficient (Wildman–Crippen LogP) is -0.184. The zero-order chi connectivity index (χ0) is 18.0. The number of hydrogen-bond acceptors (Lipinski definition) is 5. The summed E-state index contributed by atoms with van der Waals surface area (Å²) in [4.78, 5) is 55.2. The van der Waals surface area contributed by atoms with Crippen molar-refractivity contribution in [3.05, 3.63) is 0 Å². The van der Waals surface area contributed by atoms with Crippen molar-refractivity contribution in [2.45, 2.75) is 51.1 Å². The number of hydrogen-bond donors (Lipinski definition) is 5. The molecule has 0 aromatic rings. The molecule has 0 rings (SSSR count). The Bertz CT molecular complexity index is 477. The summed E-state index contributed by atoms with van der Waals surface area (Å²) in [7, 11) is 0. The predicted molar refractivity (Wildman–Crippen MR) is 75.9 cm³/mol. The second kappa shape index (κ2) is 10.1. The lowest BCUT2D eigenvalue weighted by Crippen LogP contribution is -2.51. The van der Waals surface area contributed by atoms with Gasteiger partial charge in [0.15, 0.2) is 0 Å². The van der Waals surface area contributed by atoms with E-state index < -0.39 is 42.4 Å². The normalized spacial score (nSPS) is 12.7. The Morgan fingerprint density at radius 1 is 0.826 bits per heavy atom. The van der Waals surface area contributed by atoms with Crippen LogP contribution >= 0.6 is 0 Å². The molecular formula is C13H20N2O8. The Morgan fingerprint density at radius 3 is 1.61 bits per heavy atom. The number of carboxylic acid groups (broad SMARTS) is 3. The first kappa shape index (κ1) is 20.3. The topological polar surface area (TPSA) is 170 Å². The second-order valence-corrected chi connectivity index (χ2v) is 4.76. The van der Waals surface area contributed by atoms with Crippen LogP contribution in [0.4, 0.5) is 4.79 Å². The summed E-state index contributed by atoms with van der Waals surface area (Å²) in [5.74, 6) is -4.18. The minimum absolute atomic E-state index is 0.0326. The molecule has 0 spiro atoms. The summed E-state index contributed by atoms with van der Waals surface area (Å²) in [5.41, 5.74) is 0. The molecule has 0 aliphatic rings. The third-order valence-electron chi connectivity index (χ3n) is 2.96. The average molecular weight is 332 g/mol. The lowest BCUT2D eigenvalue weighted by Gasteiger charge is -2.18. The zero-order valence-corrected chi connectivity index (χ0v) is 12.6. The number of urea groups is 1. The van der Waals surface area contributed by atoms with Crippen LogP contribution in [-0.2, 0) is 19.2 Å². The standard InChI is InChI=1S/C13H20N2O8/c1-2-7(16)3-4-8(11(19)20)14-13(23)15-9(12(21)22)5-6-10(17)18/h8-9H,2-6H2,1H3,(H,17,18)(H,19,20)(H,21,22)(H2,14,15,23).